The molecule has 2 heterocycles. The number of rotatable bonds is 4. The second-order valence-electron chi connectivity index (χ2n) is 10.1. The molecule has 0 aliphatic carbocycles. The maximum absolute atomic E-state index is 14.2. The number of hydrogen-bond donors (Lipinski definition) is 1. The molecule has 8 heteroatoms. The van der Waals surface area contributed by atoms with E-state index in [1.165, 1.54) is 9.80 Å². The van der Waals surface area contributed by atoms with Crippen molar-refractivity contribution >= 4 is 29.3 Å². The number of piperazine rings is 1. The molecule has 2 aliphatic heterocycles. The third-order valence-corrected chi connectivity index (χ3v) is 7.64. The van der Waals surface area contributed by atoms with E-state index in [4.69, 9.17) is 4.74 Å². The van der Waals surface area contributed by atoms with Gasteiger partial charge in [-0.25, -0.2) is 9.59 Å². The number of nitrogens with zero attached hydrogens (tertiary/aromatic N) is 3. The molecule has 0 spiro atoms. The molecule has 1 fully saturated rings. The van der Waals surface area contributed by atoms with Crippen LogP contribution in [0.5, 0.6) is 5.75 Å². The van der Waals surface area contributed by atoms with Gasteiger partial charge in [0.25, 0.3) is 0 Å². The molecule has 4 aromatic carbocycles. The van der Waals surface area contributed by atoms with Crippen LogP contribution in [0.25, 0.3) is 0 Å². The van der Waals surface area contributed by atoms with Crippen molar-refractivity contribution in [3.63, 3.8) is 0 Å². The normalized spacial score (nSPS) is 16.3. The molecule has 41 heavy (non-hydrogen) atoms. The van der Waals surface area contributed by atoms with Gasteiger partial charge in [-0.05, 0) is 29.3 Å². The van der Waals surface area contributed by atoms with Crippen LogP contribution >= 0.6 is 0 Å². The van der Waals surface area contributed by atoms with Crippen LogP contribution in [0, 0.1) is 0 Å². The number of amides is 3. The fourth-order valence-corrected chi connectivity index (χ4v) is 5.61. The molecular weight excluding hydrogens is 518 g/mol. The van der Waals surface area contributed by atoms with Crippen LogP contribution in [-0.2, 0) is 16.2 Å². The van der Waals surface area contributed by atoms with Crippen LogP contribution in [0.1, 0.15) is 22.6 Å². The first-order valence-corrected chi connectivity index (χ1v) is 13.5. The largest absolute Gasteiger partial charge is 0.487 e. The first-order chi connectivity index (χ1) is 20.0. The van der Waals surface area contributed by atoms with E-state index in [0.29, 0.717) is 23.7 Å². The summed E-state index contributed by atoms with van der Waals surface area (Å²) in [6, 6.07) is 32.0. The number of carboxylic acids is 1. The third kappa shape index (κ3) is 5.00. The highest BCUT2D eigenvalue weighted by Gasteiger charge is 2.42. The fourth-order valence-electron chi connectivity index (χ4n) is 5.61. The minimum atomic E-state index is -1.20. The molecule has 0 bridgehead atoms. The molecule has 1 saturated heterocycles. The van der Waals surface area contributed by atoms with Crippen molar-refractivity contribution < 1.29 is 24.2 Å². The fraction of sp³-hybridized carbons (Fsp3) is 0.182. The number of carbonyl (C=O) groups excluding carboxylic acids is 2. The molecule has 6 rings (SSSR count). The van der Waals surface area contributed by atoms with Crippen molar-refractivity contribution in [2.45, 2.75) is 18.6 Å². The predicted molar refractivity (Wildman–Crippen MR) is 154 cm³/mol. The molecule has 4 aromatic rings. The summed E-state index contributed by atoms with van der Waals surface area (Å²) in [5, 5.41) is 10.3. The van der Waals surface area contributed by atoms with E-state index in [0.717, 1.165) is 16.7 Å². The number of hydrogen-bond acceptors (Lipinski definition) is 4. The van der Waals surface area contributed by atoms with Gasteiger partial charge in [0, 0.05) is 18.7 Å². The molecule has 3 amide bonds. The van der Waals surface area contributed by atoms with Gasteiger partial charge in [-0.1, -0.05) is 91.0 Å². The van der Waals surface area contributed by atoms with E-state index in [1.54, 1.807) is 4.90 Å². The Hall–Kier alpha value is -5.11. The Bertz CT molecular complexity index is 1490. The number of benzene rings is 4. The van der Waals surface area contributed by atoms with Crippen LogP contribution in [0.4, 0.5) is 16.2 Å². The topological polar surface area (TPSA) is 90.4 Å². The highest BCUT2D eigenvalue weighted by molar-refractivity contribution is 6.02. The Kier molecular flexibility index (Phi) is 7.12. The number of urea groups is 1. The molecule has 0 unspecified atom stereocenters. The Morgan fingerprint density at radius 2 is 1.32 bits per heavy atom. The second kappa shape index (κ2) is 11.2. The summed E-state index contributed by atoms with van der Waals surface area (Å²) in [6.45, 7) is 0.437. The second-order valence-corrected chi connectivity index (χ2v) is 10.1. The molecule has 206 valence electrons. The average molecular weight is 548 g/mol. The Morgan fingerprint density at radius 1 is 0.732 bits per heavy atom. The van der Waals surface area contributed by atoms with Crippen LogP contribution in [0.3, 0.4) is 0 Å². The molecule has 8 nitrogen and oxygen atoms in total. The lowest BCUT2D eigenvalue weighted by Gasteiger charge is -2.42. The SMILES string of the molecule is O=C(O)[C@@H]1CN(C(=O)N2c3ccccc3COc3ccccc32)CCN1C(=O)C(c1ccccc1)c1ccccc1. The Labute approximate surface area is 238 Å². The van der Waals surface area contributed by atoms with Crippen LogP contribution in [0.15, 0.2) is 109 Å². The number of aliphatic carboxylic acids is 1. The highest BCUT2D eigenvalue weighted by atomic mass is 16.5. The summed E-state index contributed by atoms with van der Waals surface area (Å²) >= 11 is 0. The van der Waals surface area contributed by atoms with Gasteiger partial charge in [0.2, 0.25) is 5.91 Å². The zero-order valence-corrected chi connectivity index (χ0v) is 22.3. The average Bonchev–Trinajstić information content (AvgIpc) is 3.18. The summed E-state index contributed by atoms with van der Waals surface area (Å²) in [4.78, 5) is 45.4. The van der Waals surface area contributed by atoms with Crippen LogP contribution in [-0.4, -0.2) is 58.5 Å². The number of ether oxygens (including phenoxy) is 1. The van der Waals surface area contributed by atoms with Gasteiger partial charge < -0.3 is 19.6 Å². The number of para-hydroxylation sites is 3. The van der Waals surface area contributed by atoms with E-state index in [-0.39, 0.29) is 31.6 Å². The lowest BCUT2D eigenvalue weighted by Crippen LogP contribution is -2.61. The van der Waals surface area contributed by atoms with Gasteiger partial charge in [0.15, 0.2) is 0 Å². The highest BCUT2D eigenvalue weighted by Crippen LogP contribution is 2.40. The lowest BCUT2D eigenvalue weighted by atomic mass is 9.89. The maximum atomic E-state index is 14.2. The van der Waals surface area contributed by atoms with E-state index in [1.807, 2.05) is 109 Å². The van der Waals surface area contributed by atoms with Gasteiger partial charge >= 0.3 is 12.0 Å². The van der Waals surface area contributed by atoms with Gasteiger partial charge in [-0.2, -0.15) is 0 Å². The van der Waals surface area contributed by atoms with E-state index < -0.39 is 17.9 Å². The predicted octanol–water partition coefficient (Wildman–Crippen LogP) is 5.27. The molecule has 0 radical (unpaired) electrons. The summed E-state index contributed by atoms with van der Waals surface area (Å²) in [5.74, 6) is -1.56. The molecule has 1 atom stereocenters. The molecule has 0 aromatic heterocycles. The van der Waals surface area contributed by atoms with Gasteiger partial charge in [0.05, 0.1) is 23.8 Å². The summed E-state index contributed by atoms with van der Waals surface area (Å²) < 4.78 is 6.00. The summed E-state index contributed by atoms with van der Waals surface area (Å²) in [6.07, 6.45) is 0. The van der Waals surface area contributed by atoms with Gasteiger partial charge in [0.1, 0.15) is 18.4 Å². The zero-order valence-electron chi connectivity index (χ0n) is 22.3. The van der Waals surface area contributed by atoms with E-state index in [9.17, 15) is 19.5 Å². The lowest BCUT2D eigenvalue weighted by molar-refractivity contribution is -0.153. The molecule has 2 aliphatic rings. The van der Waals surface area contributed by atoms with E-state index in [2.05, 4.69) is 0 Å². The maximum Gasteiger partial charge on any atom is 0.329 e. The van der Waals surface area contributed by atoms with Crippen molar-refractivity contribution in [3.8, 4) is 5.75 Å². The summed E-state index contributed by atoms with van der Waals surface area (Å²) in [7, 11) is 0. The molecule has 0 saturated carbocycles. The zero-order chi connectivity index (χ0) is 28.3. The number of anilines is 2. The minimum absolute atomic E-state index is 0.0886. The monoisotopic (exact) mass is 547 g/mol. The standard InChI is InChI=1S/C33H29N3O5/c37-31(30(23-11-3-1-4-12-23)24-13-5-2-6-14-24)35-20-19-34(21-28(35)32(38)39)33(40)36-26-16-8-7-15-25(26)22-41-29-18-10-9-17-27(29)36/h1-18,28,30H,19-22H2,(H,38,39)/t28-/m0/s1. The summed E-state index contributed by atoms with van der Waals surface area (Å²) in [5.41, 5.74) is 3.67. The Morgan fingerprint density at radius 3 is 1.98 bits per heavy atom. The quantitative estimate of drug-likeness (QED) is 0.376. The third-order valence-electron chi connectivity index (χ3n) is 7.64. The van der Waals surface area contributed by atoms with Gasteiger partial charge in [-0.3, -0.25) is 9.69 Å². The van der Waals surface area contributed by atoms with Gasteiger partial charge in [-0.15, -0.1) is 0 Å². The first kappa shape index (κ1) is 26.1. The van der Waals surface area contributed by atoms with Crippen molar-refractivity contribution in [1.29, 1.82) is 0 Å². The van der Waals surface area contributed by atoms with Crippen molar-refractivity contribution in [2.24, 2.45) is 0 Å². The molecule has 1 N–H and O–H groups in total. The number of carboxylic acid groups (broad SMARTS) is 1. The number of fused-ring (bicyclic) bond motifs is 2. The minimum Gasteiger partial charge on any atom is -0.487 e. The smallest absolute Gasteiger partial charge is 0.329 e. The van der Waals surface area contributed by atoms with Crippen molar-refractivity contribution in [2.75, 3.05) is 24.5 Å². The van der Waals surface area contributed by atoms with Crippen LogP contribution in [0.2, 0.25) is 0 Å². The first-order valence-electron chi connectivity index (χ1n) is 13.5. The Balaban J connectivity index is 1.31. The molecular formula is C33H29N3O5. The van der Waals surface area contributed by atoms with E-state index >= 15 is 0 Å². The van der Waals surface area contributed by atoms with Crippen molar-refractivity contribution in [1.82, 2.24) is 9.80 Å². The number of carbonyl (C=O) groups is 3. The van der Waals surface area contributed by atoms with Crippen molar-refractivity contribution in [3.05, 3.63) is 126 Å². The van der Waals surface area contributed by atoms with Crippen LogP contribution < -0.4 is 9.64 Å².